The number of aliphatic hydroxyl groups is 1. The van der Waals surface area contributed by atoms with Gasteiger partial charge in [0, 0.05) is 25.1 Å². The molecule has 0 amide bonds. The van der Waals surface area contributed by atoms with Crippen molar-refractivity contribution in [3.8, 4) is 11.1 Å². The third-order valence-electron chi connectivity index (χ3n) is 5.79. The van der Waals surface area contributed by atoms with Gasteiger partial charge in [-0.15, -0.1) is 0 Å². The molecule has 3 atom stereocenters. The van der Waals surface area contributed by atoms with E-state index in [2.05, 4.69) is 18.8 Å². The third-order valence-corrected chi connectivity index (χ3v) is 5.79. The number of hydrogen-bond acceptors (Lipinski definition) is 3. The van der Waals surface area contributed by atoms with Crippen molar-refractivity contribution in [1.29, 1.82) is 0 Å². The number of ether oxygens (including phenoxy) is 1. The number of hydrogen-bond donors (Lipinski definition) is 1. The normalized spacial score (nSPS) is 19.1. The van der Waals surface area contributed by atoms with Crippen molar-refractivity contribution >= 4 is 0 Å². The maximum atomic E-state index is 14.2. The van der Waals surface area contributed by atoms with Crippen LogP contribution in [0.4, 0.5) is 13.2 Å². The summed E-state index contributed by atoms with van der Waals surface area (Å²) in [4.78, 5) is 4.26. The van der Waals surface area contributed by atoms with E-state index >= 15 is 0 Å². The Balaban J connectivity index is 2.08. The van der Waals surface area contributed by atoms with Gasteiger partial charge in [0.2, 0.25) is 5.60 Å². The molecule has 2 unspecified atom stereocenters. The Hall–Kier alpha value is -1.92. The Bertz CT molecular complexity index is 819. The van der Waals surface area contributed by atoms with Gasteiger partial charge in [-0.3, -0.25) is 4.98 Å². The lowest BCUT2D eigenvalue weighted by Crippen LogP contribution is -2.54. The second-order valence-electron chi connectivity index (χ2n) is 7.62. The summed E-state index contributed by atoms with van der Waals surface area (Å²) in [6.45, 7) is 4.16. The number of halogens is 3. The Labute approximate surface area is 163 Å². The molecule has 152 valence electrons. The van der Waals surface area contributed by atoms with E-state index in [0.717, 1.165) is 24.7 Å². The molecule has 0 saturated heterocycles. The lowest BCUT2D eigenvalue weighted by atomic mass is 9.83. The molecular weight excluding hydrogens is 367 g/mol. The molecule has 1 aliphatic carbocycles. The Morgan fingerprint density at radius 2 is 1.89 bits per heavy atom. The van der Waals surface area contributed by atoms with E-state index in [1.54, 1.807) is 24.5 Å². The second kappa shape index (κ2) is 7.84. The van der Waals surface area contributed by atoms with Crippen LogP contribution in [0.2, 0.25) is 0 Å². The fourth-order valence-electron chi connectivity index (χ4n) is 3.65. The molecule has 0 radical (unpaired) electrons. The Kier molecular flexibility index (Phi) is 5.82. The fourth-order valence-corrected chi connectivity index (χ4v) is 3.65. The molecule has 1 aromatic heterocycles. The zero-order valence-corrected chi connectivity index (χ0v) is 16.3. The Morgan fingerprint density at radius 1 is 1.18 bits per heavy atom. The number of rotatable bonds is 7. The van der Waals surface area contributed by atoms with E-state index in [9.17, 15) is 18.3 Å². The summed E-state index contributed by atoms with van der Waals surface area (Å²) >= 11 is 0. The smallest absolute Gasteiger partial charge is 0.389 e. The van der Waals surface area contributed by atoms with Crippen LogP contribution in [0, 0.1) is 5.92 Å². The van der Waals surface area contributed by atoms with Crippen molar-refractivity contribution in [2.45, 2.75) is 56.9 Å². The largest absolute Gasteiger partial charge is 0.424 e. The summed E-state index contributed by atoms with van der Waals surface area (Å²) in [5.74, 6) is -0.0961. The van der Waals surface area contributed by atoms with Crippen LogP contribution in [0.5, 0.6) is 0 Å². The second-order valence-corrected chi connectivity index (χ2v) is 7.62. The lowest BCUT2D eigenvalue weighted by Gasteiger charge is -2.39. The van der Waals surface area contributed by atoms with Crippen molar-refractivity contribution in [3.63, 3.8) is 0 Å². The molecule has 1 fully saturated rings. The van der Waals surface area contributed by atoms with Crippen LogP contribution in [0.1, 0.15) is 50.2 Å². The first-order chi connectivity index (χ1) is 13.2. The monoisotopic (exact) mass is 393 g/mol. The molecule has 3 rings (SSSR count). The minimum Gasteiger partial charge on any atom is -0.389 e. The van der Waals surface area contributed by atoms with E-state index in [1.165, 1.54) is 12.1 Å². The zero-order valence-electron chi connectivity index (χ0n) is 16.3. The first kappa shape index (κ1) is 20.8. The van der Waals surface area contributed by atoms with Gasteiger partial charge in [-0.05, 0) is 59.9 Å². The third kappa shape index (κ3) is 3.67. The van der Waals surface area contributed by atoms with Crippen LogP contribution in [-0.4, -0.2) is 29.5 Å². The molecule has 1 aromatic carbocycles. The first-order valence-corrected chi connectivity index (χ1v) is 9.60. The summed E-state index contributed by atoms with van der Waals surface area (Å²) in [5, 5.41) is 10.5. The van der Waals surface area contributed by atoms with Gasteiger partial charge >= 0.3 is 6.18 Å². The zero-order chi connectivity index (χ0) is 20.5. The predicted molar refractivity (Wildman–Crippen MR) is 102 cm³/mol. The average molecular weight is 393 g/mol. The number of alkyl halides is 3. The number of pyridine rings is 1. The highest BCUT2D eigenvalue weighted by atomic mass is 19.4. The van der Waals surface area contributed by atoms with Crippen molar-refractivity contribution in [1.82, 2.24) is 4.98 Å². The van der Waals surface area contributed by atoms with Gasteiger partial charge in [0.05, 0.1) is 6.10 Å². The van der Waals surface area contributed by atoms with Crippen molar-refractivity contribution in [2.75, 3.05) is 7.11 Å². The average Bonchev–Trinajstić information content (AvgIpc) is 3.53. The van der Waals surface area contributed by atoms with Gasteiger partial charge in [0.15, 0.2) is 0 Å². The number of methoxy groups -OCH3 is 1. The quantitative estimate of drug-likeness (QED) is 0.681. The molecular formula is C22H26F3NO2. The summed E-state index contributed by atoms with van der Waals surface area (Å²) < 4.78 is 47.5. The molecule has 1 saturated carbocycles. The summed E-state index contributed by atoms with van der Waals surface area (Å²) in [6, 6.07) is 8.11. The number of nitrogens with zero attached hydrogens (tertiary/aromatic N) is 1. The van der Waals surface area contributed by atoms with Crippen LogP contribution in [0.3, 0.4) is 0 Å². The van der Waals surface area contributed by atoms with Gasteiger partial charge in [-0.2, -0.15) is 13.2 Å². The molecule has 28 heavy (non-hydrogen) atoms. The summed E-state index contributed by atoms with van der Waals surface area (Å²) in [6.07, 6.45) is -0.875. The van der Waals surface area contributed by atoms with Crippen LogP contribution in [0.15, 0.2) is 42.7 Å². The molecule has 3 nitrogen and oxygen atoms in total. The maximum absolute atomic E-state index is 14.2. The van der Waals surface area contributed by atoms with Crippen LogP contribution >= 0.6 is 0 Å². The molecule has 0 aliphatic heterocycles. The Morgan fingerprint density at radius 3 is 2.46 bits per heavy atom. The highest BCUT2D eigenvalue weighted by Gasteiger charge is 2.64. The van der Waals surface area contributed by atoms with Gasteiger partial charge in [0.25, 0.3) is 0 Å². The maximum Gasteiger partial charge on any atom is 0.424 e. The standard InChI is InChI=1S/C22H26F3NO2/c1-4-14(2)17-10-18(13-26-12-17)16-6-5-7-19(11-16)21(28-3,22(23,24)25)20(27)15-8-9-15/h5-7,10-15,20,27H,4,8-9H2,1-3H3/t14?,20?,21-/m0/s1. The van der Waals surface area contributed by atoms with Crippen molar-refractivity contribution < 1.29 is 23.0 Å². The predicted octanol–water partition coefficient (Wildman–Crippen LogP) is 5.44. The van der Waals surface area contributed by atoms with Gasteiger partial charge in [-0.1, -0.05) is 32.0 Å². The molecule has 1 aliphatic rings. The van der Waals surface area contributed by atoms with Crippen LogP contribution in [-0.2, 0) is 10.3 Å². The molecule has 0 spiro atoms. The molecule has 1 N–H and O–H groups in total. The number of aliphatic hydroxyl groups excluding tert-OH is 1. The molecule has 0 bridgehead atoms. The van der Waals surface area contributed by atoms with Crippen molar-refractivity contribution in [3.05, 3.63) is 53.9 Å². The summed E-state index contributed by atoms with van der Waals surface area (Å²) in [7, 11) is 1.01. The van der Waals surface area contributed by atoms with E-state index in [0.29, 0.717) is 24.3 Å². The number of aromatic nitrogens is 1. The van der Waals surface area contributed by atoms with Gasteiger partial charge in [0.1, 0.15) is 0 Å². The number of benzene rings is 1. The van der Waals surface area contributed by atoms with E-state index in [-0.39, 0.29) is 5.56 Å². The van der Waals surface area contributed by atoms with Crippen LogP contribution in [0.25, 0.3) is 11.1 Å². The summed E-state index contributed by atoms with van der Waals surface area (Å²) in [5.41, 5.74) is -0.437. The molecule has 2 aromatic rings. The molecule has 1 heterocycles. The van der Waals surface area contributed by atoms with E-state index in [4.69, 9.17) is 4.74 Å². The minimum absolute atomic E-state index is 0.0895. The first-order valence-electron chi connectivity index (χ1n) is 9.60. The lowest BCUT2D eigenvalue weighted by molar-refractivity contribution is -0.310. The van der Waals surface area contributed by atoms with E-state index in [1.807, 2.05) is 6.07 Å². The van der Waals surface area contributed by atoms with Crippen molar-refractivity contribution in [2.24, 2.45) is 5.92 Å². The molecule has 6 heteroatoms. The highest BCUT2D eigenvalue weighted by molar-refractivity contribution is 5.64. The van der Waals surface area contributed by atoms with E-state index < -0.39 is 23.8 Å². The van der Waals surface area contributed by atoms with Gasteiger partial charge < -0.3 is 9.84 Å². The topological polar surface area (TPSA) is 42.4 Å². The minimum atomic E-state index is -4.75. The SMILES string of the molecule is CCC(C)c1cncc(-c2cccc([C@](OC)(C(O)C3CC3)C(F)(F)F)c2)c1. The van der Waals surface area contributed by atoms with Crippen LogP contribution < -0.4 is 0 Å². The van der Waals surface area contributed by atoms with Gasteiger partial charge in [-0.25, -0.2) is 0 Å². The fraction of sp³-hybridized carbons (Fsp3) is 0.500. The highest BCUT2D eigenvalue weighted by Crippen LogP contribution is 2.51.